The summed E-state index contributed by atoms with van der Waals surface area (Å²) in [5.41, 5.74) is -1.89. The van der Waals surface area contributed by atoms with Crippen LogP contribution in [0.1, 0.15) is 0 Å². The molecular formula is C7H6F3IN2O2. The SMILES string of the molecule is Cn1cc(I)c(=O)n(CC(F)(F)F)c1=O. The molecule has 0 aliphatic heterocycles. The van der Waals surface area contributed by atoms with Crippen LogP contribution in [0.3, 0.4) is 0 Å². The number of rotatable bonds is 1. The van der Waals surface area contributed by atoms with Gasteiger partial charge in [0.15, 0.2) is 0 Å². The third-order valence-electron chi connectivity index (χ3n) is 1.63. The summed E-state index contributed by atoms with van der Waals surface area (Å²) in [4.78, 5) is 22.5. The fourth-order valence-electron chi connectivity index (χ4n) is 1.01. The number of halogens is 4. The molecule has 0 atom stereocenters. The average Bonchev–Trinajstić information content (AvgIpc) is 2.08. The Morgan fingerprint density at radius 3 is 2.40 bits per heavy atom. The van der Waals surface area contributed by atoms with E-state index in [9.17, 15) is 22.8 Å². The number of nitrogens with zero attached hydrogens (tertiary/aromatic N) is 2. The summed E-state index contributed by atoms with van der Waals surface area (Å²) in [7, 11) is 1.29. The highest BCUT2D eigenvalue weighted by Gasteiger charge is 2.30. The van der Waals surface area contributed by atoms with E-state index in [1.54, 1.807) is 22.6 Å². The lowest BCUT2D eigenvalue weighted by Gasteiger charge is -2.10. The first-order valence-electron chi connectivity index (χ1n) is 3.75. The molecule has 1 aromatic heterocycles. The molecule has 84 valence electrons. The first-order valence-corrected chi connectivity index (χ1v) is 4.83. The first kappa shape index (κ1) is 12.3. The molecule has 0 fully saturated rings. The van der Waals surface area contributed by atoms with Crippen molar-refractivity contribution in [1.29, 1.82) is 0 Å². The highest BCUT2D eigenvalue weighted by atomic mass is 127. The number of hydrogen-bond acceptors (Lipinski definition) is 2. The van der Waals surface area contributed by atoms with E-state index in [-0.39, 0.29) is 8.14 Å². The molecule has 0 amide bonds. The van der Waals surface area contributed by atoms with E-state index in [1.165, 1.54) is 13.2 Å². The molecule has 0 aromatic carbocycles. The Morgan fingerprint density at radius 2 is 1.93 bits per heavy atom. The van der Waals surface area contributed by atoms with Gasteiger partial charge in [0, 0.05) is 13.2 Å². The van der Waals surface area contributed by atoms with Crippen molar-refractivity contribution >= 4 is 22.6 Å². The van der Waals surface area contributed by atoms with Crippen LogP contribution < -0.4 is 11.2 Å². The molecule has 0 saturated heterocycles. The first-order chi connectivity index (χ1) is 6.72. The Labute approximate surface area is 95.5 Å². The fraction of sp³-hybridized carbons (Fsp3) is 0.429. The van der Waals surface area contributed by atoms with Crippen LogP contribution >= 0.6 is 22.6 Å². The molecule has 8 heteroatoms. The predicted octanol–water partition coefficient (Wildman–Crippen LogP) is 0.714. The molecule has 0 aliphatic rings. The standard InChI is InChI=1S/C7H6F3IN2O2/c1-12-2-4(11)5(14)13(6(12)15)3-7(8,9)10/h2H,3H2,1H3. The normalized spacial score (nSPS) is 11.8. The van der Waals surface area contributed by atoms with Gasteiger partial charge < -0.3 is 4.57 Å². The molecule has 0 aliphatic carbocycles. The quantitative estimate of drug-likeness (QED) is 0.711. The van der Waals surface area contributed by atoms with E-state index >= 15 is 0 Å². The van der Waals surface area contributed by atoms with Crippen LogP contribution in [0, 0.1) is 3.57 Å². The molecule has 1 aromatic rings. The van der Waals surface area contributed by atoms with Gasteiger partial charge in [0.25, 0.3) is 5.56 Å². The van der Waals surface area contributed by atoms with Gasteiger partial charge in [0.05, 0.1) is 3.57 Å². The van der Waals surface area contributed by atoms with Crippen molar-refractivity contribution in [3.63, 3.8) is 0 Å². The van der Waals surface area contributed by atoms with Crippen LogP contribution in [-0.2, 0) is 13.6 Å². The third kappa shape index (κ3) is 2.83. The Hall–Kier alpha value is -0.800. The summed E-state index contributed by atoms with van der Waals surface area (Å²) in [6.45, 7) is -1.56. The van der Waals surface area contributed by atoms with Crippen molar-refractivity contribution in [2.24, 2.45) is 7.05 Å². The molecule has 0 bridgehead atoms. The summed E-state index contributed by atoms with van der Waals surface area (Å²) >= 11 is 1.58. The van der Waals surface area contributed by atoms with Gasteiger partial charge in [-0.05, 0) is 22.6 Å². The van der Waals surface area contributed by atoms with Crippen LogP contribution in [0.15, 0.2) is 15.8 Å². The van der Waals surface area contributed by atoms with E-state index in [0.29, 0.717) is 0 Å². The maximum absolute atomic E-state index is 12.1. The molecule has 0 radical (unpaired) electrons. The van der Waals surface area contributed by atoms with Gasteiger partial charge in [-0.25, -0.2) is 4.79 Å². The molecule has 0 unspecified atom stereocenters. The zero-order valence-corrected chi connectivity index (χ0v) is 9.66. The smallest absolute Gasteiger partial charge is 0.302 e. The summed E-state index contributed by atoms with van der Waals surface area (Å²) in [5.74, 6) is 0. The van der Waals surface area contributed by atoms with Crippen molar-refractivity contribution < 1.29 is 13.2 Å². The highest BCUT2D eigenvalue weighted by molar-refractivity contribution is 14.1. The zero-order valence-electron chi connectivity index (χ0n) is 7.51. The van der Waals surface area contributed by atoms with Crippen LogP contribution in [0.2, 0.25) is 0 Å². The summed E-state index contributed by atoms with van der Waals surface area (Å²) in [6, 6.07) is 0. The van der Waals surface area contributed by atoms with E-state index in [2.05, 4.69) is 0 Å². The van der Waals surface area contributed by atoms with E-state index in [0.717, 1.165) is 4.57 Å². The van der Waals surface area contributed by atoms with Gasteiger partial charge in [-0.15, -0.1) is 0 Å². The monoisotopic (exact) mass is 334 g/mol. The Bertz CT molecular complexity index is 454. The molecular weight excluding hydrogens is 328 g/mol. The minimum absolute atomic E-state index is 0.0685. The largest absolute Gasteiger partial charge is 0.406 e. The molecule has 0 saturated carbocycles. The lowest BCUT2D eigenvalue weighted by atomic mass is 10.5. The van der Waals surface area contributed by atoms with E-state index in [4.69, 9.17) is 0 Å². The lowest BCUT2D eigenvalue weighted by molar-refractivity contribution is -0.142. The topological polar surface area (TPSA) is 44.0 Å². The van der Waals surface area contributed by atoms with Crippen molar-refractivity contribution in [1.82, 2.24) is 9.13 Å². The van der Waals surface area contributed by atoms with E-state index in [1.807, 2.05) is 0 Å². The van der Waals surface area contributed by atoms with E-state index < -0.39 is 24.0 Å². The van der Waals surface area contributed by atoms with Gasteiger partial charge in [0.1, 0.15) is 6.54 Å². The van der Waals surface area contributed by atoms with Crippen molar-refractivity contribution in [3.8, 4) is 0 Å². The van der Waals surface area contributed by atoms with Gasteiger partial charge in [-0.2, -0.15) is 13.2 Å². The third-order valence-corrected chi connectivity index (χ3v) is 2.37. The number of aromatic nitrogens is 2. The summed E-state index contributed by atoms with van der Waals surface area (Å²) in [6.07, 6.45) is -3.39. The van der Waals surface area contributed by atoms with Gasteiger partial charge in [-0.1, -0.05) is 0 Å². The lowest BCUT2D eigenvalue weighted by Crippen LogP contribution is -2.43. The number of alkyl halides is 3. The Kier molecular flexibility index (Phi) is 3.26. The van der Waals surface area contributed by atoms with Crippen LogP contribution in [0.4, 0.5) is 13.2 Å². The van der Waals surface area contributed by atoms with Gasteiger partial charge in [0.2, 0.25) is 0 Å². The molecule has 1 heterocycles. The van der Waals surface area contributed by atoms with Crippen molar-refractivity contribution in [2.75, 3.05) is 0 Å². The van der Waals surface area contributed by atoms with Crippen molar-refractivity contribution in [2.45, 2.75) is 12.7 Å². The predicted molar refractivity (Wildman–Crippen MR) is 54.7 cm³/mol. The average molecular weight is 334 g/mol. The maximum Gasteiger partial charge on any atom is 0.406 e. The Morgan fingerprint density at radius 1 is 1.40 bits per heavy atom. The van der Waals surface area contributed by atoms with Crippen LogP contribution in [0.25, 0.3) is 0 Å². The van der Waals surface area contributed by atoms with Crippen molar-refractivity contribution in [3.05, 3.63) is 30.6 Å². The number of aryl methyl sites for hydroxylation is 1. The molecule has 4 nitrogen and oxygen atoms in total. The minimum atomic E-state index is -4.58. The molecule has 0 N–H and O–H groups in total. The number of hydrogen-bond donors (Lipinski definition) is 0. The second-order valence-corrected chi connectivity index (χ2v) is 4.04. The minimum Gasteiger partial charge on any atom is -0.302 e. The van der Waals surface area contributed by atoms with Gasteiger partial charge >= 0.3 is 11.9 Å². The molecule has 1 rings (SSSR count). The molecule has 15 heavy (non-hydrogen) atoms. The van der Waals surface area contributed by atoms with Crippen LogP contribution in [-0.4, -0.2) is 15.3 Å². The highest BCUT2D eigenvalue weighted by Crippen LogP contribution is 2.15. The second-order valence-electron chi connectivity index (χ2n) is 2.88. The Balaban J connectivity index is 3.41. The van der Waals surface area contributed by atoms with Crippen LogP contribution in [0.5, 0.6) is 0 Å². The fourth-order valence-corrected chi connectivity index (χ4v) is 1.71. The van der Waals surface area contributed by atoms with Gasteiger partial charge in [-0.3, -0.25) is 9.36 Å². The zero-order chi connectivity index (χ0) is 11.8. The maximum atomic E-state index is 12.1. The second kappa shape index (κ2) is 3.99. The summed E-state index contributed by atoms with van der Waals surface area (Å²) in [5, 5.41) is 0. The molecule has 0 spiro atoms. The summed E-state index contributed by atoms with van der Waals surface area (Å²) < 4.78 is 37.3.